The fourth-order valence-electron chi connectivity index (χ4n) is 5.07. The van der Waals surface area contributed by atoms with Crippen LogP contribution in [0.5, 0.6) is 0 Å². The molecule has 3 N–H and O–H groups in total. The highest BCUT2D eigenvalue weighted by Crippen LogP contribution is 2.43. The van der Waals surface area contributed by atoms with Crippen LogP contribution in [0.2, 0.25) is 0 Å². The molecule has 2 aromatic rings. The second kappa shape index (κ2) is 11.0. The molecule has 6 nitrogen and oxygen atoms in total. The van der Waals surface area contributed by atoms with E-state index in [-0.39, 0.29) is 24.6 Å². The van der Waals surface area contributed by atoms with Gasteiger partial charge in [0.05, 0.1) is 16.7 Å². The van der Waals surface area contributed by atoms with Crippen LogP contribution in [-0.4, -0.2) is 40.8 Å². The number of nitrogens with one attached hydrogen (secondary N) is 2. The van der Waals surface area contributed by atoms with E-state index in [1.54, 1.807) is 20.8 Å². The van der Waals surface area contributed by atoms with Crippen molar-refractivity contribution in [3.8, 4) is 0 Å². The maximum Gasteiger partial charge on any atom is 0.416 e. The van der Waals surface area contributed by atoms with Gasteiger partial charge in [0, 0.05) is 30.2 Å². The van der Waals surface area contributed by atoms with E-state index in [1.165, 1.54) is 0 Å². The number of carboxylic acid groups (broad SMARTS) is 1. The summed E-state index contributed by atoms with van der Waals surface area (Å²) in [6, 6.07) is 1.41. The highest BCUT2D eigenvalue weighted by molar-refractivity contribution is 5.89. The Kier molecular flexibility index (Phi) is 8.53. The zero-order valence-corrected chi connectivity index (χ0v) is 21.8. The molecule has 15 heteroatoms. The molecule has 1 aliphatic rings. The molecule has 0 aromatic heterocycles. The molecule has 226 valence electrons. The molecule has 3 rings (SSSR count). The lowest BCUT2D eigenvalue weighted by Gasteiger charge is -2.50. The van der Waals surface area contributed by atoms with Gasteiger partial charge in [-0.05, 0) is 47.7 Å². The number of anilines is 1. The Morgan fingerprint density at radius 2 is 1.29 bits per heavy atom. The summed E-state index contributed by atoms with van der Waals surface area (Å²) in [5.41, 5.74) is -5.63. The summed E-state index contributed by atoms with van der Waals surface area (Å²) in [6.45, 7) is 4.96. The third kappa shape index (κ3) is 7.55. The van der Waals surface area contributed by atoms with Gasteiger partial charge in [0.2, 0.25) is 0 Å². The summed E-state index contributed by atoms with van der Waals surface area (Å²) in [6.07, 6.45) is -16.3. The number of carbonyl (C=O) groups excluding carboxylic acids is 1. The van der Waals surface area contributed by atoms with Gasteiger partial charge in [-0.1, -0.05) is 32.9 Å². The molecular weight excluding hydrogens is 573 g/mol. The second-order valence-electron chi connectivity index (χ2n) is 10.7. The minimum Gasteiger partial charge on any atom is -0.465 e. The van der Waals surface area contributed by atoms with Gasteiger partial charge in [-0.2, -0.15) is 39.5 Å². The molecule has 1 saturated heterocycles. The number of piperidine rings is 1. The van der Waals surface area contributed by atoms with E-state index >= 15 is 0 Å². The van der Waals surface area contributed by atoms with Crippen molar-refractivity contribution in [3.63, 3.8) is 0 Å². The molecule has 41 heavy (non-hydrogen) atoms. The van der Waals surface area contributed by atoms with Crippen LogP contribution in [0.3, 0.4) is 0 Å². The molecule has 0 saturated carbocycles. The standard InChI is InChI=1S/C26H26F9N3O3/c1-23(2,3)20-19(13-4-6-14(7-5-13)24(27,28)29)18(8-9-38(20)22(40)41)37-21(39)36-17-11-15(25(30,31)32)10-16(12-17)26(33,34)35/h4-7,10-12,18-20H,8-9H2,1-3H3,(H,40,41)(H2,36,37,39)/t18-,19-,20?/m1/s1. The topological polar surface area (TPSA) is 81.7 Å². The summed E-state index contributed by atoms with van der Waals surface area (Å²) < 4.78 is 119. The van der Waals surface area contributed by atoms with Crippen LogP contribution in [0.1, 0.15) is 55.4 Å². The van der Waals surface area contributed by atoms with Gasteiger partial charge < -0.3 is 20.6 Å². The first-order valence-corrected chi connectivity index (χ1v) is 12.1. The SMILES string of the molecule is CC(C)(C)C1[C@H](c2ccc(C(F)(F)F)cc2)[C@H](NC(=O)Nc2cc(C(F)(F)F)cc(C(F)(F)F)c2)CCN1C(=O)O. The summed E-state index contributed by atoms with van der Waals surface area (Å²) in [5, 5.41) is 14.3. The number of hydrogen-bond donors (Lipinski definition) is 3. The minimum absolute atomic E-state index is 0.0472. The van der Waals surface area contributed by atoms with Gasteiger partial charge >= 0.3 is 30.7 Å². The smallest absolute Gasteiger partial charge is 0.416 e. The van der Waals surface area contributed by atoms with Crippen molar-refractivity contribution in [2.75, 3.05) is 11.9 Å². The lowest BCUT2D eigenvalue weighted by atomic mass is 9.69. The Morgan fingerprint density at radius 1 is 0.805 bits per heavy atom. The number of carbonyl (C=O) groups is 2. The van der Waals surface area contributed by atoms with Crippen LogP contribution in [-0.2, 0) is 18.5 Å². The number of likely N-dealkylation sites (tertiary alicyclic amines) is 1. The highest BCUT2D eigenvalue weighted by atomic mass is 19.4. The van der Waals surface area contributed by atoms with Gasteiger partial charge in [0.25, 0.3) is 0 Å². The Morgan fingerprint density at radius 3 is 1.71 bits per heavy atom. The largest absolute Gasteiger partial charge is 0.465 e. The zero-order valence-electron chi connectivity index (χ0n) is 21.8. The van der Waals surface area contributed by atoms with Gasteiger partial charge in [-0.25, -0.2) is 9.59 Å². The van der Waals surface area contributed by atoms with Crippen LogP contribution in [0.4, 0.5) is 54.8 Å². The van der Waals surface area contributed by atoms with Gasteiger partial charge in [0.1, 0.15) is 0 Å². The second-order valence-corrected chi connectivity index (χ2v) is 10.7. The lowest BCUT2D eigenvalue weighted by molar-refractivity contribution is -0.143. The maximum absolute atomic E-state index is 13.2. The van der Waals surface area contributed by atoms with Crippen LogP contribution in [0, 0.1) is 5.41 Å². The molecule has 0 aliphatic carbocycles. The van der Waals surface area contributed by atoms with Crippen LogP contribution in [0.15, 0.2) is 42.5 Å². The lowest BCUT2D eigenvalue weighted by Crippen LogP contribution is -2.60. The molecule has 3 amide bonds. The Labute approximate surface area is 228 Å². The summed E-state index contributed by atoms with van der Waals surface area (Å²) >= 11 is 0. The number of amides is 3. The van der Waals surface area contributed by atoms with Crippen molar-refractivity contribution < 1.29 is 54.2 Å². The van der Waals surface area contributed by atoms with Crippen molar-refractivity contribution in [1.29, 1.82) is 0 Å². The molecule has 1 fully saturated rings. The number of nitrogens with zero attached hydrogens (tertiary/aromatic N) is 1. The number of alkyl halides is 9. The third-order valence-corrected chi connectivity index (χ3v) is 6.71. The quantitative estimate of drug-likeness (QED) is 0.315. The first kappa shape index (κ1) is 31.9. The average molecular weight is 599 g/mol. The molecule has 0 bridgehead atoms. The van der Waals surface area contributed by atoms with Crippen molar-refractivity contribution >= 4 is 17.8 Å². The number of urea groups is 1. The monoisotopic (exact) mass is 599 g/mol. The molecule has 0 spiro atoms. The predicted octanol–water partition coefficient (Wildman–Crippen LogP) is 7.82. The van der Waals surface area contributed by atoms with E-state index in [9.17, 15) is 54.2 Å². The molecule has 1 unspecified atom stereocenters. The zero-order chi connectivity index (χ0) is 31.1. The molecule has 3 atom stereocenters. The molecule has 0 radical (unpaired) electrons. The van der Waals surface area contributed by atoms with Crippen molar-refractivity contribution in [3.05, 3.63) is 64.7 Å². The predicted molar refractivity (Wildman–Crippen MR) is 129 cm³/mol. The van der Waals surface area contributed by atoms with Gasteiger partial charge in [-0.15, -0.1) is 0 Å². The fraction of sp³-hybridized carbons (Fsp3) is 0.462. The number of halogens is 9. The van der Waals surface area contributed by atoms with Gasteiger partial charge in [-0.3, -0.25) is 0 Å². The average Bonchev–Trinajstić information content (AvgIpc) is 2.81. The minimum atomic E-state index is -5.15. The summed E-state index contributed by atoms with van der Waals surface area (Å²) in [5.74, 6) is -0.930. The number of hydrogen-bond acceptors (Lipinski definition) is 2. The number of benzene rings is 2. The molecule has 2 aromatic carbocycles. The molecule has 1 heterocycles. The summed E-state index contributed by atoms with van der Waals surface area (Å²) in [4.78, 5) is 26.0. The fourth-order valence-corrected chi connectivity index (χ4v) is 5.07. The van der Waals surface area contributed by atoms with E-state index in [4.69, 9.17) is 0 Å². The van der Waals surface area contributed by atoms with E-state index in [0.29, 0.717) is 12.1 Å². The number of rotatable bonds is 3. The summed E-state index contributed by atoms with van der Waals surface area (Å²) in [7, 11) is 0. The van der Waals surface area contributed by atoms with Crippen LogP contribution < -0.4 is 10.6 Å². The Balaban J connectivity index is 1.99. The van der Waals surface area contributed by atoms with Crippen molar-refractivity contribution in [2.24, 2.45) is 5.41 Å². The van der Waals surface area contributed by atoms with Crippen LogP contribution in [0.25, 0.3) is 0 Å². The maximum atomic E-state index is 13.2. The van der Waals surface area contributed by atoms with E-state index in [0.717, 1.165) is 29.2 Å². The molecular formula is C26H26F9N3O3. The Bertz CT molecular complexity index is 1230. The van der Waals surface area contributed by atoms with E-state index in [2.05, 4.69) is 5.32 Å². The Hall–Kier alpha value is -3.65. The first-order chi connectivity index (χ1) is 18.6. The van der Waals surface area contributed by atoms with E-state index < -0.39 is 76.4 Å². The molecule has 1 aliphatic heterocycles. The van der Waals surface area contributed by atoms with Crippen molar-refractivity contribution in [1.82, 2.24) is 10.2 Å². The first-order valence-electron chi connectivity index (χ1n) is 12.1. The van der Waals surface area contributed by atoms with E-state index in [1.807, 2.05) is 5.32 Å². The third-order valence-electron chi connectivity index (χ3n) is 6.71. The van der Waals surface area contributed by atoms with Crippen LogP contribution >= 0.6 is 0 Å². The van der Waals surface area contributed by atoms with Crippen molar-refractivity contribution in [2.45, 2.75) is 63.7 Å². The normalized spacial score (nSPS) is 20.5. The van der Waals surface area contributed by atoms with Gasteiger partial charge in [0.15, 0.2) is 0 Å². The highest BCUT2D eigenvalue weighted by Gasteiger charge is 2.47.